The second-order valence-electron chi connectivity index (χ2n) is 15.1. The first kappa shape index (κ1) is 71.4. The van der Waals surface area contributed by atoms with Gasteiger partial charge in [0.1, 0.15) is 17.8 Å². The maximum absolute atomic E-state index is 12.3. The molecule has 1 amide bonds. The number of benzene rings is 6. The zero-order valence-electron chi connectivity index (χ0n) is 45.3. The topological polar surface area (TPSA) is 125 Å². The molecule has 2 aliphatic heterocycles. The van der Waals surface area contributed by atoms with Crippen molar-refractivity contribution in [3.8, 4) is 11.5 Å². The van der Waals surface area contributed by atoms with Gasteiger partial charge >= 0.3 is 41.5 Å². The van der Waals surface area contributed by atoms with E-state index in [0.717, 1.165) is 50.3 Å². The van der Waals surface area contributed by atoms with Crippen LogP contribution in [-0.4, -0.2) is 52.2 Å². The predicted octanol–water partition coefficient (Wildman–Crippen LogP) is 19.5. The van der Waals surface area contributed by atoms with Crippen molar-refractivity contribution in [3.63, 3.8) is 0 Å². The van der Waals surface area contributed by atoms with Crippen LogP contribution in [0.1, 0.15) is 75.9 Å². The quantitative estimate of drug-likeness (QED) is 0.0526. The van der Waals surface area contributed by atoms with Crippen LogP contribution in [0.3, 0.4) is 0 Å². The summed E-state index contributed by atoms with van der Waals surface area (Å²) in [4.78, 5) is 53.3. The molecule has 2 aromatic heterocycles. The van der Waals surface area contributed by atoms with Crippen molar-refractivity contribution in [2.24, 2.45) is 5.92 Å². The maximum atomic E-state index is 12.3. The minimum absolute atomic E-state index is 0.124. The van der Waals surface area contributed by atoms with Gasteiger partial charge in [0.05, 0.1) is 0 Å². The first-order valence-electron chi connectivity index (χ1n) is 25.3. The zero-order valence-corrected chi connectivity index (χ0v) is 55.4. The number of rotatable bonds is 6. The summed E-state index contributed by atoms with van der Waals surface area (Å²) in [7, 11) is 0. The number of pyridine rings is 2. The number of aldehydes is 2. The summed E-state index contributed by atoms with van der Waals surface area (Å²) in [5, 5.41) is 4.90. The second-order valence-corrected chi connectivity index (χ2v) is 18.1. The molecule has 1 atom stereocenters. The molecule has 10 rings (SSSR count). The summed E-state index contributed by atoms with van der Waals surface area (Å²) < 4.78 is 17.4. The second kappa shape index (κ2) is 45.1. The molecule has 6 aromatic carbocycles. The van der Waals surface area contributed by atoms with Gasteiger partial charge < -0.3 is 14.2 Å². The van der Waals surface area contributed by atoms with Gasteiger partial charge in [-0.15, -0.1) is 12.1 Å². The fourth-order valence-corrected chi connectivity index (χ4v) is 8.06. The fourth-order valence-electron chi connectivity index (χ4n) is 6.48. The van der Waals surface area contributed by atoms with Crippen molar-refractivity contribution in [3.05, 3.63) is 244 Å². The Morgan fingerprint density at radius 1 is 0.633 bits per heavy atom. The van der Waals surface area contributed by atoms with Gasteiger partial charge in [0.2, 0.25) is 0 Å². The number of hydrogen-bond acceptors (Lipinski definition) is 9. The molecule has 79 heavy (non-hydrogen) atoms. The minimum atomic E-state index is -0.814. The number of nitrogens with zero attached hydrogens (tertiary/aromatic N) is 3. The molecule has 4 heterocycles. The number of allylic oxidation sites excluding steroid dienone is 2. The molecule has 0 spiro atoms. The number of carbonyl (C=O) groups excluding carboxylic acids is 4. The van der Waals surface area contributed by atoms with Crippen LogP contribution in [0.4, 0.5) is 9.59 Å². The van der Waals surface area contributed by atoms with Crippen molar-refractivity contribution in [2.45, 2.75) is 60.8 Å². The molecule has 8 aromatic rings. The molecule has 16 heteroatoms. The summed E-state index contributed by atoms with van der Waals surface area (Å²) in [6.45, 7) is 17.7. The number of para-hydroxylation sites is 2. The zero-order chi connectivity index (χ0) is 58.6. The van der Waals surface area contributed by atoms with Crippen molar-refractivity contribution < 1.29 is 49.7 Å². The number of carbonyl (C=O) groups is 4. The first-order valence-corrected chi connectivity index (χ1v) is 35.0. The van der Waals surface area contributed by atoms with Crippen LogP contribution in [0.25, 0.3) is 21.5 Å². The van der Waals surface area contributed by atoms with Gasteiger partial charge in [-0.1, -0.05) is 155 Å². The Kier molecular flexibility index (Phi) is 40.8. The Balaban J connectivity index is 0.000000496. The number of amides is 1. The van der Waals surface area contributed by atoms with E-state index in [0.29, 0.717) is 29.1 Å². The molecule has 1 unspecified atom stereocenters. The molecule has 0 saturated carbocycles. The van der Waals surface area contributed by atoms with E-state index in [4.69, 9.17) is 21.1 Å². The van der Waals surface area contributed by atoms with E-state index in [1.807, 2.05) is 127 Å². The predicted molar refractivity (Wildman–Crippen MR) is 336 cm³/mol. The van der Waals surface area contributed by atoms with Gasteiger partial charge in [0, 0.05) is 97.9 Å². The number of aromatic nitrogens is 2. The average molecular weight is 1400 g/mol. The van der Waals surface area contributed by atoms with E-state index >= 15 is 0 Å². The molecule has 10 nitrogen and oxygen atoms in total. The van der Waals surface area contributed by atoms with Crippen molar-refractivity contribution >= 4 is 119 Å². The van der Waals surface area contributed by atoms with Crippen LogP contribution in [0.5, 0.6) is 11.5 Å². The SMILES string of the molecule is Brc1cncc2cc3ccccc3cc12.C1CCOC1.CC.CC.CC.O=C(Cl)Oc1ccccc1.O=CC1=CN(C(=O)Oc2ccccc2)C=C(Br)C1Cc1ccccc1.O=Cc1cncc(Br)c1.[CH2-]c1ccccc1.[Zn+][Br]. The third-order valence-corrected chi connectivity index (χ3v) is 11.8. The summed E-state index contributed by atoms with van der Waals surface area (Å²) in [6.07, 6.45) is 14.2. The van der Waals surface area contributed by atoms with Gasteiger partial charge in [-0.2, -0.15) is 24.6 Å². The average Bonchev–Trinajstić information content (AvgIpc) is 4.12. The number of hydrogen-bond donors (Lipinski definition) is 0. The molecule has 412 valence electrons. The Morgan fingerprint density at radius 3 is 1.58 bits per heavy atom. The third kappa shape index (κ3) is 29.4. The standard InChI is InChI=1S/C20H16BrNO3.C13H8BrN.C7H5ClO2.C7H7.C6H4BrNO.C4H8O.3C2H6.BrH.Zn/c21-19-13-22(20(24)25-17-9-5-2-6-10-17)12-16(14-23)18(19)11-15-7-3-1-4-8-15;14-13-8-15-7-11-5-9-3-1-2-4-10(9)6-12(11)13;8-7(9)10-6-4-2-1-3-5-6;1-7-5-3-2-4-6-7;7-6-1-5(4-9)2-8-3-6;1-2-4-5-3-1;3*1-2;;/h1-10,12-14,18H,11H2;1-8H;1-5H;2-6H,1H2;1-4H;1-4H2;3*1-2H3;1H;/q;;;-1;;;;;;;+2/p-1. The Hall–Kier alpha value is -5.64. The van der Waals surface area contributed by atoms with Crippen molar-refractivity contribution in [2.75, 3.05) is 13.2 Å². The molecule has 2 aliphatic rings. The van der Waals surface area contributed by atoms with Gasteiger partial charge in [-0.3, -0.25) is 24.5 Å². The molecular formula is C63H66Br4ClN3O7Zn. The molecule has 1 fully saturated rings. The van der Waals surface area contributed by atoms with Crippen LogP contribution in [0, 0.1) is 12.8 Å². The molecule has 0 radical (unpaired) electrons. The van der Waals surface area contributed by atoms with Crippen LogP contribution in [0.2, 0.25) is 0 Å². The van der Waals surface area contributed by atoms with Crippen LogP contribution >= 0.6 is 73.0 Å². The van der Waals surface area contributed by atoms with E-state index in [2.05, 4.69) is 119 Å². The fraction of sp³-hybridized carbons (Fsp3) is 0.190. The molecular weight excluding hydrogens is 1330 g/mol. The van der Waals surface area contributed by atoms with E-state index in [9.17, 15) is 19.2 Å². The van der Waals surface area contributed by atoms with Crippen molar-refractivity contribution in [1.82, 2.24) is 14.9 Å². The normalized spacial score (nSPS) is 12.1. The molecule has 0 aliphatic carbocycles. The van der Waals surface area contributed by atoms with Gasteiger partial charge in [-0.05, 0) is 115 Å². The van der Waals surface area contributed by atoms with Crippen LogP contribution in [0.15, 0.2) is 220 Å². The van der Waals surface area contributed by atoms with E-state index < -0.39 is 11.5 Å². The summed E-state index contributed by atoms with van der Waals surface area (Å²) in [6, 6.07) is 51.7. The molecule has 0 bridgehead atoms. The monoisotopic (exact) mass is 1390 g/mol. The van der Waals surface area contributed by atoms with Crippen molar-refractivity contribution in [1.29, 1.82) is 0 Å². The number of halogens is 5. The Labute approximate surface area is 513 Å². The van der Waals surface area contributed by atoms with Crippen LogP contribution < -0.4 is 9.47 Å². The first-order chi connectivity index (χ1) is 38.5. The summed E-state index contributed by atoms with van der Waals surface area (Å²) in [5.74, 6) is 0.785. The van der Waals surface area contributed by atoms with E-state index in [-0.39, 0.29) is 5.92 Å². The Bertz CT molecular complexity index is 2990. The third-order valence-electron chi connectivity index (χ3n) is 9.91. The van der Waals surface area contributed by atoms with E-state index in [1.165, 1.54) is 68.0 Å². The number of fused-ring (bicyclic) bond motifs is 2. The Morgan fingerprint density at radius 2 is 1.13 bits per heavy atom. The van der Waals surface area contributed by atoms with Gasteiger partial charge in [0.15, 0.2) is 6.29 Å². The van der Waals surface area contributed by atoms with Gasteiger partial charge in [-0.25, -0.2) is 9.59 Å². The molecule has 0 N–H and O–H groups in total. The summed E-state index contributed by atoms with van der Waals surface area (Å²) >= 11 is 19.4. The van der Waals surface area contributed by atoms with Crippen LogP contribution in [-0.2, 0) is 32.3 Å². The molecule has 1 saturated heterocycles. The summed E-state index contributed by atoms with van der Waals surface area (Å²) in [5.41, 5.74) is 2.48. The van der Waals surface area contributed by atoms with Gasteiger partial charge in [0.25, 0.3) is 0 Å². The van der Waals surface area contributed by atoms with E-state index in [1.54, 1.807) is 67.0 Å². The number of ether oxygens (including phenoxy) is 3.